The number of nitrogens with one attached hydrogen (secondary N) is 2. The van der Waals surface area contributed by atoms with Crippen molar-refractivity contribution in [3.05, 3.63) is 29.3 Å². The normalized spacial score (nSPS) is 24.5. The third-order valence-electron chi connectivity index (χ3n) is 6.33. The second-order valence-electron chi connectivity index (χ2n) is 8.23. The van der Waals surface area contributed by atoms with Crippen molar-refractivity contribution in [3.8, 4) is 0 Å². The maximum atomic E-state index is 13.0. The van der Waals surface area contributed by atoms with E-state index in [1.54, 1.807) is 4.90 Å². The van der Waals surface area contributed by atoms with Crippen LogP contribution in [0.1, 0.15) is 48.5 Å². The molecule has 0 aromatic heterocycles. The molecule has 2 bridgehead atoms. The zero-order valence-corrected chi connectivity index (χ0v) is 17.8. The molecule has 3 aliphatic rings. The summed E-state index contributed by atoms with van der Waals surface area (Å²) >= 11 is 0. The first-order valence-electron chi connectivity index (χ1n) is 10.1. The standard InChI is InChI=1S/C21H28N4O3.ClH/c1-13(26)22-12-20(27)25-8-7-14-9-15(3-6-19(14)25)21(28)24(2)18-10-16-4-5-17(11-18)23-16;/h3,6,9,16-18,23H,4-5,7-8,10-12H2,1-2H3,(H,22,26);1H. The maximum absolute atomic E-state index is 13.0. The second-order valence-corrected chi connectivity index (χ2v) is 8.23. The molecule has 3 amide bonds. The van der Waals surface area contributed by atoms with Crippen LogP contribution < -0.4 is 15.5 Å². The largest absolute Gasteiger partial charge is 0.347 e. The van der Waals surface area contributed by atoms with Crippen molar-refractivity contribution < 1.29 is 14.4 Å². The lowest BCUT2D eigenvalue weighted by Gasteiger charge is -2.35. The molecule has 0 radical (unpaired) electrons. The van der Waals surface area contributed by atoms with Crippen molar-refractivity contribution in [2.45, 2.75) is 57.2 Å². The van der Waals surface area contributed by atoms with Gasteiger partial charge in [0.25, 0.3) is 5.91 Å². The van der Waals surface area contributed by atoms with Crippen LogP contribution in [-0.2, 0) is 16.0 Å². The first-order chi connectivity index (χ1) is 13.4. The maximum Gasteiger partial charge on any atom is 0.253 e. The Kier molecular flexibility index (Phi) is 6.49. The Morgan fingerprint density at radius 1 is 1.21 bits per heavy atom. The van der Waals surface area contributed by atoms with E-state index in [1.165, 1.54) is 19.8 Å². The summed E-state index contributed by atoms with van der Waals surface area (Å²) in [6.45, 7) is 1.97. The number of carbonyl (C=O) groups excluding carboxylic acids is 3. The van der Waals surface area contributed by atoms with Crippen molar-refractivity contribution in [2.75, 3.05) is 25.0 Å². The summed E-state index contributed by atoms with van der Waals surface area (Å²) < 4.78 is 0. The number of amides is 3. The summed E-state index contributed by atoms with van der Waals surface area (Å²) in [6.07, 6.45) is 5.20. The summed E-state index contributed by atoms with van der Waals surface area (Å²) in [5.41, 5.74) is 2.54. The molecule has 158 valence electrons. The first-order valence-corrected chi connectivity index (χ1v) is 10.1. The highest BCUT2D eigenvalue weighted by atomic mass is 35.5. The van der Waals surface area contributed by atoms with E-state index in [4.69, 9.17) is 0 Å². The molecular weight excluding hydrogens is 392 g/mol. The quantitative estimate of drug-likeness (QED) is 0.773. The van der Waals surface area contributed by atoms with Crippen LogP contribution in [0, 0.1) is 0 Å². The Morgan fingerprint density at radius 3 is 2.55 bits per heavy atom. The van der Waals surface area contributed by atoms with Gasteiger partial charge < -0.3 is 20.4 Å². The monoisotopic (exact) mass is 420 g/mol. The van der Waals surface area contributed by atoms with Crippen molar-refractivity contribution in [3.63, 3.8) is 0 Å². The number of halogens is 1. The van der Waals surface area contributed by atoms with Crippen LogP contribution >= 0.6 is 12.4 Å². The van der Waals surface area contributed by atoms with Crippen LogP contribution in [-0.4, -0.2) is 60.9 Å². The molecule has 2 N–H and O–H groups in total. The van der Waals surface area contributed by atoms with Gasteiger partial charge in [0.2, 0.25) is 11.8 Å². The summed E-state index contributed by atoms with van der Waals surface area (Å²) in [5.74, 6) is -0.296. The molecule has 2 fully saturated rings. The van der Waals surface area contributed by atoms with Crippen LogP contribution in [0.5, 0.6) is 0 Å². The Balaban J connectivity index is 0.00000240. The third-order valence-corrected chi connectivity index (χ3v) is 6.33. The van der Waals surface area contributed by atoms with Gasteiger partial charge in [0.15, 0.2) is 0 Å². The van der Waals surface area contributed by atoms with E-state index in [2.05, 4.69) is 10.6 Å². The molecule has 3 aliphatic heterocycles. The zero-order valence-electron chi connectivity index (χ0n) is 16.9. The summed E-state index contributed by atoms with van der Waals surface area (Å²) in [5, 5.41) is 6.17. The van der Waals surface area contributed by atoms with Gasteiger partial charge in [-0.25, -0.2) is 0 Å². The van der Waals surface area contributed by atoms with Crippen molar-refractivity contribution in [1.29, 1.82) is 0 Å². The molecule has 29 heavy (non-hydrogen) atoms. The highest BCUT2D eigenvalue weighted by molar-refractivity contribution is 6.00. The Morgan fingerprint density at radius 2 is 1.90 bits per heavy atom. The third kappa shape index (κ3) is 4.41. The van der Waals surface area contributed by atoms with Gasteiger partial charge in [-0.3, -0.25) is 14.4 Å². The van der Waals surface area contributed by atoms with E-state index < -0.39 is 0 Å². The highest BCUT2D eigenvalue weighted by Gasteiger charge is 2.36. The predicted molar refractivity (Wildman–Crippen MR) is 113 cm³/mol. The Hall–Kier alpha value is -2.12. The minimum Gasteiger partial charge on any atom is -0.347 e. The van der Waals surface area contributed by atoms with Crippen molar-refractivity contribution in [1.82, 2.24) is 15.5 Å². The molecule has 1 aromatic rings. The van der Waals surface area contributed by atoms with Gasteiger partial charge in [-0.15, -0.1) is 12.4 Å². The Bertz CT molecular complexity index is 803. The van der Waals surface area contributed by atoms with Crippen molar-refractivity contribution >= 4 is 35.8 Å². The number of nitrogens with zero attached hydrogens (tertiary/aromatic N) is 2. The molecule has 2 saturated heterocycles. The molecule has 2 unspecified atom stereocenters. The zero-order chi connectivity index (χ0) is 19.8. The lowest BCUT2D eigenvalue weighted by atomic mass is 9.97. The lowest BCUT2D eigenvalue weighted by Crippen LogP contribution is -2.48. The van der Waals surface area contributed by atoms with Crippen LogP contribution in [0.15, 0.2) is 18.2 Å². The van der Waals surface area contributed by atoms with E-state index in [0.29, 0.717) is 24.2 Å². The summed E-state index contributed by atoms with van der Waals surface area (Å²) in [7, 11) is 1.91. The van der Waals surface area contributed by atoms with E-state index in [0.717, 1.165) is 30.5 Å². The molecule has 8 heteroatoms. The van der Waals surface area contributed by atoms with E-state index >= 15 is 0 Å². The number of rotatable bonds is 4. The van der Waals surface area contributed by atoms with Gasteiger partial charge in [0, 0.05) is 49.9 Å². The molecule has 2 atom stereocenters. The fourth-order valence-corrected chi connectivity index (χ4v) is 4.80. The minimum absolute atomic E-state index is 0. The average Bonchev–Trinajstić information content (AvgIpc) is 3.26. The fraction of sp³-hybridized carbons (Fsp3) is 0.571. The number of benzene rings is 1. The second kappa shape index (κ2) is 8.71. The number of anilines is 1. The van der Waals surface area contributed by atoms with Crippen LogP contribution in [0.3, 0.4) is 0 Å². The van der Waals surface area contributed by atoms with Crippen LogP contribution in [0.25, 0.3) is 0 Å². The molecule has 0 spiro atoms. The Labute approximate surface area is 177 Å². The number of hydrogen-bond donors (Lipinski definition) is 2. The fourth-order valence-electron chi connectivity index (χ4n) is 4.80. The van der Waals surface area contributed by atoms with Crippen molar-refractivity contribution in [2.24, 2.45) is 0 Å². The van der Waals surface area contributed by atoms with Gasteiger partial charge in [-0.05, 0) is 55.9 Å². The SMILES string of the molecule is CC(=O)NCC(=O)N1CCc2cc(C(=O)N(C)C3CC4CCC(C3)N4)ccc21.Cl. The number of carbonyl (C=O) groups is 3. The topological polar surface area (TPSA) is 81.8 Å². The average molecular weight is 421 g/mol. The smallest absolute Gasteiger partial charge is 0.253 e. The van der Waals surface area contributed by atoms with Gasteiger partial charge in [-0.2, -0.15) is 0 Å². The van der Waals surface area contributed by atoms with Gasteiger partial charge >= 0.3 is 0 Å². The first kappa shape index (κ1) is 21.6. The lowest BCUT2D eigenvalue weighted by molar-refractivity contribution is -0.123. The molecule has 7 nitrogen and oxygen atoms in total. The van der Waals surface area contributed by atoms with Crippen LogP contribution in [0.4, 0.5) is 5.69 Å². The predicted octanol–water partition coefficient (Wildman–Crippen LogP) is 1.49. The molecule has 4 rings (SSSR count). The molecular formula is C21H29ClN4O3. The highest BCUT2D eigenvalue weighted by Crippen LogP contribution is 2.32. The van der Waals surface area contributed by atoms with E-state index in [9.17, 15) is 14.4 Å². The van der Waals surface area contributed by atoms with E-state index in [1.807, 2.05) is 30.1 Å². The number of piperidine rings is 1. The number of fused-ring (bicyclic) bond motifs is 3. The molecule has 1 aromatic carbocycles. The minimum atomic E-state index is -0.219. The molecule has 3 heterocycles. The molecule has 0 saturated carbocycles. The number of hydrogen-bond acceptors (Lipinski definition) is 4. The van der Waals surface area contributed by atoms with Gasteiger partial charge in [-0.1, -0.05) is 0 Å². The van der Waals surface area contributed by atoms with Crippen LogP contribution in [0.2, 0.25) is 0 Å². The van der Waals surface area contributed by atoms with Gasteiger partial charge in [0.05, 0.1) is 6.54 Å². The summed E-state index contributed by atoms with van der Waals surface area (Å²) in [4.78, 5) is 40.0. The van der Waals surface area contributed by atoms with Gasteiger partial charge in [0.1, 0.15) is 0 Å². The molecule has 0 aliphatic carbocycles. The summed E-state index contributed by atoms with van der Waals surface area (Å²) in [6, 6.07) is 6.98. The van der Waals surface area contributed by atoms with E-state index in [-0.39, 0.29) is 42.7 Å².